The zero-order chi connectivity index (χ0) is 12.7. The fraction of sp³-hybridized carbons (Fsp3) is 0.929. The van der Waals surface area contributed by atoms with E-state index in [2.05, 4.69) is 11.8 Å². The fourth-order valence-electron chi connectivity index (χ4n) is 3.76. The van der Waals surface area contributed by atoms with Gasteiger partial charge >= 0.3 is 0 Å². The molecule has 0 aromatic rings. The Morgan fingerprint density at radius 2 is 2.06 bits per heavy atom. The van der Waals surface area contributed by atoms with Crippen molar-refractivity contribution in [2.24, 2.45) is 11.8 Å². The predicted molar refractivity (Wildman–Crippen MR) is 69.1 cm³/mol. The smallest absolute Gasteiger partial charge is 0.236 e. The number of hydrogen-bond acceptors (Lipinski definition) is 3. The van der Waals surface area contributed by atoms with E-state index in [0.29, 0.717) is 24.4 Å². The number of likely N-dealkylation sites (N-methyl/N-ethyl adjacent to an activating group) is 1. The zero-order valence-corrected chi connectivity index (χ0v) is 11.2. The molecule has 0 aromatic carbocycles. The molecule has 3 fully saturated rings. The normalized spacial score (nSPS) is 35.8. The molecule has 0 bridgehead atoms. The molecule has 4 nitrogen and oxygen atoms in total. The highest BCUT2D eigenvalue weighted by Gasteiger charge is 2.42. The number of amides is 1. The van der Waals surface area contributed by atoms with Gasteiger partial charge in [0, 0.05) is 31.6 Å². The third kappa shape index (κ3) is 2.28. The third-order valence-electron chi connectivity index (χ3n) is 4.90. The molecule has 0 radical (unpaired) electrons. The summed E-state index contributed by atoms with van der Waals surface area (Å²) in [6.07, 6.45) is 4.34. The second-order valence-electron chi connectivity index (χ2n) is 6.17. The van der Waals surface area contributed by atoms with E-state index in [-0.39, 0.29) is 12.0 Å². The number of carbonyl (C=O) groups is 1. The number of fused-ring (bicyclic) bond motifs is 1. The lowest BCUT2D eigenvalue weighted by molar-refractivity contribution is -0.132. The van der Waals surface area contributed by atoms with Gasteiger partial charge in [0.2, 0.25) is 5.91 Å². The Kier molecular flexibility index (Phi) is 3.32. The van der Waals surface area contributed by atoms with Crippen molar-refractivity contribution in [3.05, 3.63) is 0 Å². The van der Waals surface area contributed by atoms with Gasteiger partial charge in [0.15, 0.2) is 0 Å². The van der Waals surface area contributed by atoms with Crippen LogP contribution in [0.1, 0.15) is 32.6 Å². The number of aliphatic hydroxyl groups is 1. The van der Waals surface area contributed by atoms with Crippen LogP contribution in [0.3, 0.4) is 0 Å². The third-order valence-corrected chi connectivity index (χ3v) is 4.90. The van der Waals surface area contributed by atoms with Gasteiger partial charge in [-0.05, 0) is 38.5 Å². The molecule has 3 atom stereocenters. The molecule has 1 saturated heterocycles. The molecule has 0 aromatic heterocycles. The second kappa shape index (κ2) is 4.82. The van der Waals surface area contributed by atoms with Gasteiger partial charge in [0.05, 0.1) is 12.6 Å². The minimum Gasteiger partial charge on any atom is -0.393 e. The topological polar surface area (TPSA) is 43.8 Å². The molecular weight excluding hydrogens is 228 g/mol. The van der Waals surface area contributed by atoms with Crippen molar-refractivity contribution in [1.82, 2.24) is 9.80 Å². The van der Waals surface area contributed by atoms with Gasteiger partial charge in [-0.25, -0.2) is 0 Å². The van der Waals surface area contributed by atoms with E-state index in [1.165, 1.54) is 12.8 Å². The van der Waals surface area contributed by atoms with Crippen LogP contribution in [0.25, 0.3) is 0 Å². The quantitative estimate of drug-likeness (QED) is 0.801. The van der Waals surface area contributed by atoms with Crippen LogP contribution in [0.5, 0.6) is 0 Å². The average Bonchev–Trinajstić information content (AvgIpc) is 2.99. The van der Waals surface area contributed by atoms with Crippen molar-refractivity contribution in [1.29, 1.82) is 0 Å². The van der Waals surface area contributed by atoms with Gasteiger partial charge in [0.25, 0.3) is 0 Å². The van der Waals surface area contributed by atoms with E-state index < -0.39 is 0 Å². The Morgan fingerprint density at radius 1 is 1.28 bits per heavy atom. The molecular formula is C14H24N2O2. The summed E-state index contributed by atoms with van der Waals surface area (Å²) >= 11 is 0. The van der Waals surface area contributed by atoms with Crippen LogP contribution >= 0.6 is 0 Å². The maximum Gasteiger partial charge on any atom is 0.236 e. The van der Waals surface area contributed by atoms with Crippen molar-refractivity contribution in [3.63, 3.8) is 0 Å². The monoisotopic (exact) mass is 252 g/mol. The SMILES string of the molecule is CCN(C(=O)CN1CC2CCC(O)C2C1)C1CC1. The van der Waals surface area contributed by atoms with Crippen molar-refractivity contribution >= 4 is 5.91 Å². The largest absolute Gasteiger partial charge is 0.393 e. The van der Waals surface area contributed by atoms with Crippen LogP contribution in [0, 0.1) is 11.8 Å². The van der Waals surface area contributed by atoms with Crippen molar-refractivity contribution in [3.8, 4) is 0 Å². The molecule has 1 N–H and O–H groups in total. The van der Waals surface area contributed by atoms with Gasteiger partial charge in [0.1, 0.15) is 0 Å². The van der Waals surface area contributed by atoms with Gasteiger partial charge in [-0.15, -0.1) is 0 Å². The van der Waals surface area contributed by atoms with Crippen LogP contribution in [0.15, 0.2) is 0 Å². The Morgan fingerprint density at radius 3 is 2.67 bits per heavy atom. The maximum absolute atomic E-state index is 12.2. The van der Waals surface area contributed by atoms with E-state index in [4.69, 9.17) is 0 Å². The fourth-order valence-corrected chi connectivity index (χ4v) is 3.76. The summed E-state index contributed by atoms with van der Waals surface area (Å²) in [6.45, 7) is 5.39. The highest BCUT2D eigenvalue weighted by atomic mass is 16.3. The minimum absolute atomic E-state index is 0.124. The number of carbonyl (C=O) groups excluding carboxylic acids is 1. The molecule has 3 unspecified atom stereocenters. The molecule has 1 heterocycles. The van der Waals surface area contributed by atoms with Crippen molar-refractivity contribution < 1.29 is 9.90 Å². The summed E-state index contributed by atoms with van der Waals surface area (Å²) < 4.78 is 0. The lowest BCUT2D eigenvalue weighted by Gasteiger charge is -2.24. The molecule has 18 heavy (non-hydrogen) atoms. The summed E-state index contributed by atoms with van der Waals surface area (Å²) in [5.74, 6) is 1.34. The van der Waals surface area contributed by atoms with Crippen LogP contribution in [-0.4, -0.2) is 59.1 Å². The predicted octanol–water partition coefficient (Wildman–Crippen LogP) is 0.700. The van der Waals surface area contributed by atoms with Gasteiger partial charge in [-0.2, -0.15) is 0 Å². The molecule has 2 saturated carbocycles. The second-order valence-corrected chi connectivity index (χ2v) is 6.17. The number of aliphatic hydroxyl groups excluding tert-OH is 1. The summed E-state index contributed by atoms with van der Waals surface area (Å²) in [6, 6.07) is 0.523. The molecule has 2 aliphatic carbocycles. The molecule has 0 spiro atoms. The molecule has 1 aliphatic heterocycles. The lowest BCUT2D eigenvalue weighted by Crippen LogP contribution is -2.41. The summed E-state index contributed by atoms with van der Waals surface area (Å²) in [5, 5.41) is 9.88. The molecule has 3 aliphatic rings. The van der Waals surface area contributed by atoms with Crippen LogP contribution in [0.4, 0.5) is 0 Å². The van der Waals surface area contributed by atoms with E-state index in [9.17, 15) is 9.90 Å². The molecule has 102 valence electrons. The summed E-state index contributed by atoms with van der Waals surface area (Å²) in [7, 11) is 0. The highest BCUT2D eigenvalue weighted by Crippen LogP contribution is 2.38. The van der Waals surface area contributed by atoms with E-state index in [0.717, 1.165) is 32.5 Å². The molecule has 1 amide bonds. The Balaban J connectivity index is 1.53. The van der Waals surface area contributed by atoms with Crippen LogP contribution < -0.4 is 0 Å². The van der Waals surface area contributed by atoms with Crippen LogP contribution in [0.2, 0.25) is 0 Å². The maximum atomic E-state index is 12.2. The van der Waals surface area contributed by atoms with E-state index in [1.807, 2.05) is 4.90 Å². The first kappa shape index (κ1) is 12.4. The first-order valence-electron chi connectivity index (χ1n) is 7.39. The average molecular weight is 252 g/mol. The van der Waals surface area contributed by atoms with Crippen molar-refractivity contribution in [2.45, 2.75) is 44.8 Å². The summed E-state index contributed by atoms with van der Waals surface area (Å²) in [4.78, 5) is 16.5. The number of hydrogen-bond donors (Lipinski definition) is 1. The summed E-state index contributed by atoms with van der Waals surface area (Å²) in [5.41, 5.74) is 0. The number of likely N-dealkylation sites (tertiary alicyclic amines) is 1. The first-order valence-corrected chi connectivity index (χ1v) is 7.39. The lowest BCUT2D eigenvalue weighted by atomic mass is 10.00. The van der Waals surface area contributed by atoms with Gasteiger partial charge in [-0.3, -0.25) is 9.69 Å². The zero-order valence-electron chi connectivity index (χ0n) is 11.2. The Bertz CT molecular complexity index is 330. The Labute approximate surface area is 109 Å². The highest BCUT2D eigenvalue weighted by molar-refractivity contribution is 5.79. The van der Waals surface area contributed by atoms with E-state index in [1.54, 1.807) is 0 Å². The van der Waals surface area contributed by atoms with Gasteiger partial charge < -0.3 is 10.0 Å². The first-order chi connectivity index (χ1) is 8.69. The standard InChI is InChI=1S/C14H24N2O2/c1-2-16(11-4-5-11)14(18)9-15-7-10-3-6-13(17)12(10)8-15/h10-13,17H,2-9H2,1H3. The number of nitrogens with zero attached hydrogens (tertiary/aromatic N) is 2. The Hall–Kier alpha value is -0.610. The van der Waals surface area contributed by atoms with Crippen molar-refractivity contribution in [2.75, 3.05) is 26.2 Å². The van der Waals surface area contributed by atoms with E-state index >= 15 is 0 Å². The van der Waals surface area contributed by atoms with Gasteiger partial charge in [-0.1, -0.05) is 0 Å². The minimum atomic E-state index is -0.124. The number of rotatable bonds is 4. The molecule has 4 heteroatoms. The molecule has 3 rings (SSSR count). The van der Waals surface area contributed by atoms with Crippen LogP contribution in [-0.2, 0) is 4.79 Å².